The second kappa shape index (κ2) is 12.8. The summed E-state index contributed by atoms with van der Waals surface area (Å²) in [5.41, 5.74) is 3.93. The molecule has 1 amide bonds. The predicted octanol–water partition coefficient (Wildman–Crippen LogP) is 5.58. The van der Waals surface area contributed by atoms with Gasteiger partial charge < -0.3 is 24.3 Å². The lowest BCUT2D eigenvalue weighted by atomic mass is 10.0. The van der Waals surface area contributed by atoms with E-state index in [1.54, 1.807) is 7.11 Å². The van der Waals surface area contributed by atoms with Crippen molar-refractivity contribution in [2.24, 2.45) is 7.05 Å². The van der Waals surface area contributed by atoms with Crippen molar-refractivity contribution >= 4 is 45.7 Å². The molecule has 0 aliphatic heterocycles. The molecule has 0 spiro atoms. The van der Waals surface area contributed by atoms with Crippen LogP contribution in [0.5, 0.6) is 5.75 Å². The van der Waals surface area contributed by atoms with Gasteiger partial charge in [0.25, 0.3) is 0 Å². The molecule has 11 heteroatoms. The van der Waals surface area contributed by atoms with E-state index in [1.165, 1.54) is 30.2 Å². The number of methoxy groups -OCH3 is 2. The minimum Gasteiger partial charge on any atom is -0.497 e. The van der Waals surface area contributed by atoms with Gasteiger partial charge in [0.15, 0.2) is 11.0 Å². The van der Waals surface area contributed by atoms with Crippen molar-refractivity contribution in [1.29, 1.82) is 0 Å². The Morgan fingerprint density at radius 2 is 1.67 bits per heavy atom. The van der Waals surface area contributed by atoms with Crippen LogP contribution in [0.2, 0.25) is 0 Å². The van der Waals surface area contributed by atoms with Gasteiger partial charge in [-0.25, -0.2) is 4.79 Å². The number of carbonyl (C=O) groups excluding carboxylic acids is 2. The van der Waals surface area contributed by atoms with Gasteiger partial charge in [-0.3, -0.25) is 4.79 Å². The van der Waals surface area contributed by atoms with Crippen molar-refractivity contribution in [3.8, 4) is 28.3 Å². The zero-order valence-corrected chi connectivity index (χ0v) is 24.2. The van der Waals surface area contributed by atoms with Gasteiger partial charge in [0.05, 0.1) is 20.0 Å². The lowest BCUT2D eigenvalue weighted by molar-refractivity contribution is -0.113. The second-order valence-electron chi connectivity index (χ2n) is 8.49. The molecule has 39 heavy (non-hydrogen) atoms. The molecule has 0 bridgehead atoms. The maximum absolute atomic E-state index is 12.9. The molecule has 0 aliphatic carbocycles. The minimum atomic E-state index is -0.519. The van der Waals surface area contributed by atoms with Crippen molar-refractivity contribution in [2.45, 2.75) is 19.0 Å². The summed E-state index contributed by atoms with van der Waals surface area (Å²) in [6, 6.07) is 15.6. The number of rotatable bonds is 11. The number of thiophene rings is 1. The molecule has 0 radical (unpaired) electrons. The van der Waals surface area contributed by atoms with Crippen LogP contribution in [0.4, 0.5) is 10.7 Å². The third kappa shape index (κ3) is 6.26. The largest absolute Gasteiger partial charge is 0.497 e. The zero-order valence-electron chi connectivity index (χ0n) is 22.6. The molecule has 2 heterocycles. The van der Waals surface area contributed by atoms with Crippen molar-refractivity contribution < 1.29 is 19.1 Å². The Labute approximate surface area is 236 Å². The molecule has 9 nitrogen and oxygen atoms in total. The van der Waals surface area contributed by atoms with Gasteiger partial charge in [0.1, 0.15) is 16.3 Å². The number of esters is 1. The zero-order chi connectivity index (χ0) is 27.9. The molecule has 204 valence electrons. The fourth-order valence-electron chi connectivity index (χ4n) is 4.13. The lowest BCUT2D eigenvalue weighted by Crippen LogP contribution is -2.21. The number of anilines is 2. The number of hydrogen-bond donors (Lipinski definition) is 1. The smallest absolute Gasteiger partial charge is 0.341 e. The number of carbonyl (C=O) groups is 2. The first-order valence-electron chi connectivity index (χ1n) is 12.4. The number of nitrogens with one attached hydrogen (secondary N) is 1. The number of amides is 1. The molecule has 4 aromatic rings. The van der Waals surface area contributed by atoms with Crippen LogP contribution < -0.4 is 15.0 Å². The lowest BCUT2D eigenvalue weighted by Gasteiger charge is -2.21. The molecule has 0 fully saturated rings. The Morgan fingerprint density at radius 1 is 1.00 bits per heavy atom. The molecular weight excluding hydrogens is 534 g/mol. The summed E-state index contributed by atoms with van der Waals surface area (Å²) < 4.78 is 12.1. The average molecular weight is 566 g/mol. The Kier molecular flexibility index (Phi) is 9.26. The van der Waals surface area contributed by atoms with Crippen LogP contribution in [-0.2, 0) is 16.6 Å². The number of aromatic nitrogens is 3. The van der Waals surface area contributed by atoms with E-state index in [9.17, 15) is 9.59 Å². The summed E-state index contributed by atoms with van der Waals surface area (Å²) in [6.07, 6.45) is 0. The van der Waals surface area contributed by atoms with Crippen LogP contribution in [0.1, 0.15) is 24.2 Å². The van der Waals surface area contributed by atoms with Crippen LogP contribution in [0.25, 0.3) is 22.5 Å². The van der Waals surface area contributed by atoms with Crippen LogP contribution in [0, 0.1) is 0 Å². The van der Waals surface area contributed by atoms with Crippen molar-refractivity contribution in [3.05, 3.63) is 59.5 Å². The van der Waals surface area contributed by atoms with Gasteiger partial charge in [-0.1, -0.05) is 23.9 Å². The van der Waals surface area contributed by atoms with Crippen LogP contribution >= 0.6 is 23.1 Å². The van der Waals surface area contributed by atoms with Gasteiger partial charge in [-0.2, -0.15) is 0 Å². The maximum Gasteiger partial charge on any atom is 0.341 e. The average Bonchev–Trinajstić information content (AvgIpc) is 3.55. The quantitative estimate of drug-likeness (QED) is 0.186. The van der Waals surface area contributed by atoms with E-state index in [4.69, 9.17) is 9.47 Å². The molecule has 0 unspecified atom stereocenters. The monoisotopic (exact) mass is 565 g/mol. The van der Waals surface area contributed by atoms with Gasteiger partial charge in [0, 0.05) is 42.3 Å². The van der Waals surface area contributed by atoms with Crippen molar-refractivity contribution in [1.82, 2.24) is 14.8 Å². The number of nitrogens with zero attached hydrogens (tertiary/aromatic N) is 4. The summed E-state index contributed by atoms with van der Waals surface area (Å²) in [4.78, 5) is 27.8. The third-order valence-corrected chi connectivity index (χ3v) is 8.17. The number of hydrogen-bond acceptors (Lipinski definition) is 9. The molecule has 2 aromatic heterocycles. The minimum absolute atomic E-state index is 0.100. The van der Waals surface area contributed by atoms with Crippen LogP contribution in [0.3, 0.4) is 0 Å². The Bertz CT molecular complexity index is 1430. The number of benzene rings is 2. The Morgan fingerprint density at radius 3 is 2.28 bits per heavy atom. The molecule has 0 atom stereocenters. The molecule has 0 saturated carbocycles. The summed E-state index contributed by atoms with van der Waals surface area (Å²) in [5, 5.41) is 14.4. The third-order valence-electron chi connectivity index (χ3n) is 6.26. The molecule has 4 rings (SSSR count). The molecule has 1 N–H and O–H groups in total. The first-order chi connectivity index (χ1) is 18.9. The summed E-state index contributed by atoms with van der Waals surface area (Å²) in [5.74, 6) is 0.752. The fourth-order valence-corrected chi connectivity index (χ4v) is 5.82. The molecule has 0 saturated heterocycles. The van der Waals surface area contributed by atoms with E-state index in [0.29, 0.717) is 27.0 Å². The van der Waals surface area contributed by atoms with E-state index in [2.05, 4.69) is 46.4 Å². The van der Waals surface area contributed by atoms with E-state index >= 15 is 0 Å². The summed E-state index contributed by atoms with van der Waals surface area (Å²) in [7, 11) is 4.79. The fraction of sp³-hybridized carbons (Fsp3) is 0.286. The van der Waals surface area contributed by atoms with Crippen molar-refractivity contribution in [2.75, 3.05) is 43.3 Å². The first kappa shape index (κ1) is 28.2. The van der Waals surface area contributed by atoms with Crippen LogP contribution in [0.15, 0.2) is 59.1 Å². The summed E-state index contributed by atoms with van der Waals surface area (Å²) >= 11 is 2.55. The standard InChI is InChI=1S/C28H31N5O4S2/c1-6-33(7-2)20-12-8-19(9-13-20)25-30-31-28(32(25)3)39-17-23(34)29-26-24(27(35)37-5)22(16-38-26)18-10-14-21(36-4)15-11-18/h8-16H,6-7,17H2,1-5H3,(H,29,34). The first-order valence-corrected chi connectivity index (χ1v) is 14.3. The number of ether oxygens (including phenoxy) is 2. The predicted molar refractivity (Wildman–Crippen MR) is 157 cm³/mol. The number of thioether (sulfide) groups is 1. The SMILES string of the molecule is CCN(CC)c1ccc(-c2nnc(SCC(=O)Nc3scc(-c4ccc(OC)cc4)c3C(=O)OC)n2C)cc1. The van der Waals surface area contributed by atoms with E-state index in [-0.39, 0.29) is 11.7 Å². The molecule has 2 aromatic carbocycles. The van der Waals surface area contributed by atoms with Gasteiger partial charge >= 0.3 is 5.97 Å². The van der Waals surface area contributed by atoms with Gasteiger partial charge in [0.2, 0.25) is 5.91 Å². The Balaban J connectivity index is 1.45. The topological polar surface area (TPSA) is 98.6 Å². The highest BCUT2D eigenvalue weighted by Crippen LogP contribution is 2.37. The van der Waals surface area contributed by atoms with Gasteiger partial charge in [-0.15, -0.1) is 21.5 Å². The van der Waals surface area contributed by atoms with Gasteiger partial charge in [-0.05, 0) is 55.8 Å². The highest BCUT2D eigenvalue weighted by Gasteiger charge is 2.23. The molecular formula is C28H31N5O4S2. The Hall–Kier alpha value is -3.83. The van der Waals surface area contributed by atoms with E-state index in [0.717, 1.165) is 35.7 Å². The van der Waals surface area contributed by atoms with Crippen molar-refractivity contribution in [3.63, 3.8) is 0 Å². The highest BCUT2D eigenvalue weighted by atomic mass is 32.2. The highest BCUT2D eigenvalue weighted by molar-refractivity contribution is 7.99. The maximum atomic E-state index is 12.9. The van der Waals surface area contributed by atoms with E-state index in [1.807, 2.05) is 53.4 Å². The normalized spacial score (nSPS) is 10.8. The summed E-state index contributed by atoms with van der Waals surface area (Å²) in [6.45, 7) is 6.15. The van der Waals surface area contributed by atoms with E-state index < -0.39 is 5.97 Å². The second-order valence-corrected chi connectivity index (χ2v) is 10.3. The van der Waals surface area contributed by atoms with Crippen LogP contribution in [-0.4, -0.2) is 59.7 Å². The molecule has 0 aliphatic rings.